The molecule has 32 heavy (non-hydrogen) atoms. The molecule has 0 fully saturated rings. The van der Waals surface area contributed by atoms with Gasteiger partial charge >= 0.3 is 0 Å². The molecule has 6 rings (SSSR count). The number of para-hydroxylation sites is 2. The Morgan fingerprint density at radius 1 is 0.688 bits per heavy atom. The number of hydrogen-bond acceptors (Lipinski definition) is 4. The van der Waals surface area contributed by atoms with Gasteiger partial charge in [-0.15, -0.1) is 0 Å². The zero-order valence-electron chi connectivity index (χ0n) is 17.1. The van der Waals surface area contributed by atoms with Gasteiger partial charge in [-0.1, -0.05) is 78.9 Å². The first-order valence-corrected chi connectivity index (χ1v) is 10.9. The molecule has 0 unspecified atom stereocenters. The Hall–Kier alpha value is -3.76. The second kappa shape index (κ2) is 7.74. The van der Waals surface area contributed by atoms with Gasteiger partial charge in [0.2, 0.25) is 5.28 Å². The number of allylic oxidation sites excluding steroid dienone is 4. The lowest BCUT2D eigenvalue weighted by atomic mass is 10.0. The van der Waals surface area contributed by atoms with Crippen LogP contribution in [0.5, 0.6) is 0 Å². The molecule has 0 amide bonds. The topological polar surface area (TPSA) is 51.8 Å². The summed E-state index contributed by atoms with van der Waals surface area (Å²) in [5.41, 5.74) is 5.51. The Morgan fingerprint density at radius 3 is 2.16 bits per heavy atom. The van der Waals surface area contributed by atoms with E-state index in [1.807, 2.05) is 36.4 Å². The highest BCUT2D eigenvalue weighted by Gasteiger charge is 2.18. The SMILES string of the molecule is Clc1nc(C2=CCCC=C2)nc(-c2cccc3c2oc2c(-c4ccccc4)cccc23)n1. The number of aromatic nitrogens is 3. The summed E-state index contributed by atoms with van der Waals surface area (Å²) in [7, 11) is 0. The number of benzene rings is 3. The van der Waals surface area contributed by atoms with Gasteiger partial charge < -0.3 is 4.42 Å². The van der Waals surface area contributed by atoms with E-state index in [-0.39, 0.29) is 5.28 Å². The second-order valence-electron chi connectivity index (χ2n) is 7.72. The van der Waals surface area contributed by atoms with E-state index in [2.05, 4.69) is 58.5 Å². The van der Waals surface area contributed by atoms with Gasteiger partial charge in [-0.05, 0) is 36.1 Å². The minimum absolute atomic E-state index is 0.169. The average molecular weight is 436 g/mol. The van der Waals surface area contributed by atoms with Crippen molar-refractivity contribution < 1.29 is 4.42 Å². The fourth-order valence-electron chi connectivity index (χ4n) is 4.22. The summed E-state index contributed by atoms with van der Waals surface area (Å²) in [5.74, 6) is 1.08. The molecule has 5 heteroatoms. The number of halogens is 1. The van der Waals surface area contributed by atoms with E-state index >= 15 is 0 Å². The van der Waals surface area contributed by atoms with Gasteiger partial charge in [0, 0.05) is 21.9 Å². The molecule has 1 aliphatic carbocycles. The van der Waals surface area contributed by atoms with Gasteiger partial charge in [-0.25, -0.2) is 4.98 Å². The highest BCUT2D eigenvalue weighted by Crippen LogP contribution is 2.39. The van der Waals surface area contributed by atoms with Gasteiger partial charge in [0.1, 0.15) is 11.2 Å². The van der Waals surface area contributed by atoms with Crippen molar-refractivity contribution in [3.63, 3.8) is 0 Å². The van der Waals surface area contributed by atoms with Gasteiger partial charge in [0.05, 0.1) is 5.56 Å². The number of rotatable bonds is 3. The molecule has 3 aromatic carbocycles. The van der Waals surface area contributed by atoms with Gasteiger partial charge in [-0.3, -0.25) is 0 Å². The maximum Gasteiger partial charge on any atom is 0.226 e. The van der Waals surface area contributed by atoms with E-state index in [0.29, 0.717) is 11.6 Å². The molecule has 0 radical (unpaired) electrons. The molecule has 0 spiro atoms. The molecule has 0 saturated carbocycles. The zero-order valence-corrected chi connectivity index (χ0v) is 17.9. The lowest BCUT2D eigenvalue weighted by molar-refractivity contribution is 0.670. The maximum atomic E-state index is 6.48. The first-order valence-electron chi connectivity index (χ1n) is 10.6. The molecular formula is C27H18ClN3O. The number of fused-ring (bicyclic) bond motifs is 3. The summed E-state index contributed by atoms with van der Waals surface area (Å²) in [5, 5.41) is 2.25. The molecule has 0 aliphatic heterocycles. The van der Waals surface area contributed by atoms with E-state index in [1.165, 1.54) is 0 Å². The van der Waals surface area contributed by atoms with Crippen molar-refractivity contribution >= 4 is 39.1 Å². The highest BCUT2D eigenvalue weighted by molar-refractivity contribution is 6.28. The monoisotopic (exact) mass is 435 g/mol. The van der Waals surface area contributed by atoms with E-state index in [9.17, 15) is 0 Å². The zero-order chi connectivity index (χ0) is 21.5. The van der Waals surface area contributed by atoms with Crippen molar-refractivity contribution in [2.45, 2.75) is 12.8 Å². The van der Waals surface area contributed by atoms with Crippen LogP contribution in [0.15, 0.2) is 89.4 Å². The Labute approximate surface area is 189 Å². The first-order chi connectivity index (χ1) is 15.8. The normalized spacial score (nSPS) is 13.6. The number of nitrogens with zero attached hydrogens (tertiary/aromatic N) is 3. The van der Waals surface area contributed by atoms with Crippen LogP contribution >= 0.6 is 11.6 Å². The van der Waals surface area contributed by atoms with E-state index < -0.39 is 0 Å². The average Bonchev–Trinajstić information content (AvgIpc) is 3.24. The molecule has 2 aromatic heterocycles. The third-order valence-corrected chi connectivity index (χ3v) is 5.88. The molecule has 0 atom stereocenters. The molecule has 0 bridgehead atoms. The van der Waals surface area contributed by atoms with Crippen LogP contribution in [0, 0.1) is 0 Å². The molecular weight excluding hydrogens is 418 g/mol. The van der Waals surface area contributed by atoms with E-state index in [1.54, 1.807) is 0 Å². The predicted octanol–water partition coefficient (Wildman–Crippen LogP) is 7.49. The molecule has 0 N–H and O–H groups in total. The number of furan rings is 1. The minimum atomic E-state index is 0.169. The van der Waals surface area contributed by atoms with Crippen molar-refractivity contribution in [3.05, 3.63) is 96.1 Å². The van der Waals surface area contributed by atoms with Crippen molar-refractivity contribution in [1.29, 1.82) is 0 Å². The summed E-state index contributed by atoms with van der Waals surface area (Å²) >= 11 is 6.31. The van der Waals surface area contributed by atoms with E-state index in [4.69, 9.17) is 21.0 Å². The van der Waals surface area contributed by atoms with Crippen molar-refractivity contribution in [2.24, 2.45) is 0 Å². The van der Waals surface area contributed by atoms with Crippen LogP contribution in [-0.2, 0) is 0 Å². The van der Waals surface area contributed by atoms with Crippen LogP contribution in [-0.4, -0.2) is 15.0 Å². The second-order valence-corrected chi connectivity index (χ2v) is 8.06. The molecule has 154 valence electrons. The fourth-order valence-corrected chi connectivity index (χ4v) is 4.38. The van der Waals surface area contributed by atoms with Gasteiger partial charge in [0.25, 0.3) is 0 Å². The van der Waals surface area contributed by atoms with Crippen molar-refractivity contribution in [2.75, 3.05) is 0 Å². The van der Waals surface area contributed by atoms with E-state index in [0.717, 1.165) is 57.0 Å². The third-order valence-electron chi connectivity index (χ3n) is 5.71. The summed E-state index contributed by atoms with van der Waals surface area (Å²) in [6, 6.07) is 22.5. The lowest BCUT2D eigenvalue weighted by Crippen LogP contribution is -2.00. The highest BCUT2D eigenvalue weighted by atomic mass is 35.5. The van der Waals surface area contributed by atoms with Crippen LogP contribution in [0.2, 0.25) is 5.28 Å². The summed E-state index contributed by atoms with van der Waals surface area (Å²) in [6.45, 7) is 0. The van der Waals surface area contributed by atoms with Crippen LogP contribution in [0.1, 0.15) is 18.7 Å². The van der Waals surface area contributed by atoms with Crippen LogP contribution in [0.4, 0.5) is 0 Å². The predicted molar refractivity (Wildman–Crippen MR) is 129 cm³/mol. The van der Waals surface area contributed by atoms with Gasteiger partial charge in [0.15, 0.2) is 11.6 Å². The molecule has 2 heterocycles. The molecule has 1 aliphatic rings. The maximum absolute atomic E-state index is 6.48. The standard InChI is InChI=1S/C27H18ClN3O/c28-27-30-25(18-11-5-2-6-12-18)29-26(31-27)22-16-8-15-21-20-14-7-13-19(23(20)32-24(21)22)17-9-3-1-4-10-17/h1,3-5,7-16H,2,6H2. The Bertz CT molecular complexity index is 1530. The Kier molecular flexibility index (Phi) is 4.58. The quantitative estimate of drug-likeness (QED) is 0.294. The lowest BCUT2D eigenvalue weighted by Gasteiger charge is -2.08. The molecule has 5 aromatic rings. The summed E-state index contributed by atoms with van der Waals surface area (Å²) in [6.07, 6.45) is 8.27. The Morgan fingerprint density at radius 2 is 1.41 bits per heavy atom. The van der Waals surface area contributed by atoms with Crippen LogP contribution in [0.25, 0.3) is 50.0 Å². The first kappa shape index (κ1) is 19.0. The van der Waals surface area contributed by atoms with Crippen LogP contribution in [0.3, 0.4) is 0 Å². The van der Waals surface area contributed by atoms with Crippen molar-refractivity contribution in [3.8, 4) is 22.5 Å². The summed E-state index contributed by atoms with van der Waals surface area (Å²) in [4.78, 5) is 13.5. The van der Waals surface area contributed by atoms with Gasteiger partial charge in [-0.2, -0.15) is 9.97 Å². The minimum Gasteiger partial charge on any atom is -0.455 e. The van der Waals surface area contributed by atoms with Crippen LogP contribution < -0.4 is 0 Å². The van der Waals surface area contributed by atoms with Crippen molar-refractivity contribution in [1.82, 2.24) is 15.0 Å². The largest absolute Gasteiger partial charge is 0.455 e. The Balaban J connectivity index is 1.58. The smallest absolute Gasteiger partial charge is 0.226 e. The fraction of sp³-hybridized carbons (Fsp3) is 0.0741. The summed E-state index contributed by atoms with van der Waals surface area (Å²) < 4.78 is 6.48. The molecule has 4 nitrogen and oxygen atoms in total. The molecule has 0 saturated heterocycles. The number of hydrogen-bond donors (Lipinski definition) is 0. The third kappa shape index (κ3) is 3.20.